The largest absolute Gasteiger partial charge is 0.378 e. The molecule has 1 N–H and O–H groups in total. The lowest BCUT2D eigenvalue weighted by atomic mass is 9.93. The number of anilines is 1. The molecule has 19 heavy (non-hydrogen) atoms. The Morgan fingerprint density at radius 2 is 2.37 bits per heavy atom. The van der Waals surface area contributed by atoms with Crippen molar-refractivity contribution in [2.45, 2.75) is 39.2 Å². The van der Waals surface area contributed by atoms with Crippen LogP contribution in [0.2, 0.25) is 0 Å². The molecule has 2 atom stereocenters. The molecule has 1 saturated heterocycles. The van der Waals surface area contributed by atoms with Gasteiger partial charge in [0.1, 0.15) is 5.82 Å². The van der Waals surface area contributed by atoms with Crippen molar-refractivity contribution in [1.82, 2.24) is 4.98 Å². The van der Waals surface area contributed by atoms with Crippen LogP contribution in [0, 0.1) is 16.4 Å². The lowest BCUT2D eigenvalue weighted by Crippen LogP contribution is -2.33. The Morgan fingerprint density at radius 1 is 1.58 bits per heavy atom. The summed E-state index contributed by atoms with van der Waals surface area (Å²) < 4.78 is 6.70. The summed E-state index contributed by atoms with van der Waals surface area (Å²) in [6.45, 7) is 4.71. The highest BCUT2D eigenvalue weighted by Gasteiger charge is 2.27. The van der Waals surface area contributed by atoms with E-state index in [1.54, 1.807) is 0 Å². The normalized spacial score (nSPS) is 23.1. The van der Waals surface area contributed by atoms with Gasteiger partial charge in [-0.2, -0.15) is 0 Å². The molecule has 4 nitrogen and oxygen atoms in total. The minimum atomic E-state index is 0.0417. The molecule has 2 unspecified atom stereocenters. The number of nitrogens with zero attached hydrogens (tertiary/aromatic N) is 1. The van der Waals surface area contributed by atoms with Gasteiger partial charge >= 0.3 is 0 Å². The molecule has 1 aliphatic heterocycles. The zero-order valence-electron chi connectivity index (χ0n) is 11.3. The van der Waals surface area contributed by atoms with Crippen molar-refractivity contribution in [2.24, 2.45) is 5.92 Å². The maximum Gasteiger partial charge on any atom is 0.228 e. The number of carbonyl (C=O) groups is 1. The first-order chi connectivity index (χ1) is 9.10. The lowest BCUT2D eigenvalue weighted by Gasteiger charge is -2.27. The molecule has 1 aliphatic rings. The highest BCUT2D eigenvalue weighted by Crippen LogP contribution is 2.23. The standard InChI is InChI=1S/C14H19IN2O2/c1-3-11-8-10(6-7-19-11)14(18)17-13-5-4-12(15)9(2)16-13/h4-5,10-11H,3,6-8H2,1-2H3,(H,16,17,18). The van der Waals surface area contributed by atoms with Crippen LogP contribution in [0.25, 0.3) is 0 Å². The zero-order valence-corrected chi connectivity index (χ0v) is 13.4. The van der Waals surface area contributed by atoms with E-state index in [9.17, 15) is 4.79 Å². The van der Waals surface area contributed by atoms with Crippen LogP contribution in [-0.2, 0) is 9.53 Å². The van der Waals surface area contributed by atoms with Gasteiger partial charge in [-0.05, 0) is 60.9 Å². The van der Waals surface area contributed by atoms with E-state index in [-0.39, 0.29) is 17.9 Å². The molecule has 0 radical (unpaired) electrons. The number of carbonyl (C=O) groups excluding carboxylic acids is 1. The second-order valence-electron chi connectivity index (χ2n) is 4.88. The predicted octanol–water partition coefficient (Wildman–Crippen LogP) is 3.14. The zero-order chi connectivity index (χ0) is 13.8. The predicted molar refractivity (Wildman–Crippen MR) is 83.1 cm³/mol. The molecule has 104 valence electrons. The smallest absolute Gasteiger partial charge is 0.228 e. The van der Waals surface area contributed by atoms with E-state index in [0.717, 1.165) is 28.5 Å². The van der Waals surface area contributed by atoms with Gasteiger partial charge in [0.2, 0.25) is 5.91 Å². The maximum atomic E-state index is 12.2. The van der Waals surface area contributed by atoms with Gasteiger partial charge in [-0.3, -0.25) is 4.79 Å². The summed E-state index contributed by atoms with van der Waals surface area (Å²) in [5, 5.41) is 2.92. The fourth-order valence-electron chi connectivity index (χ4n) is 2.24. The molecule has 1 amide bonds. The van der Waals surface area contributed by atoms with Crippen LogP contribution in [0.15, 0.2) is 12.1 Å². The van der Waals surface area contributed by atoms with Crippen molar-refractivity contribution in [2.75, 3.05) is 11.9 Å². The van der Waals surface area contributed by atoms with Crippen molar-refractivity contribution >= 4 is 34.3 Å². The second-order valence-corrected chi connectivity index (χ2v) is 6.04. The molecule has 1 fully saturated rings. The molecule has 1 aromatic rings. The van der Waals surface area contributed by atoms with Crippen LogP contribution in [0.5, 0.6) is 0 Å². The van der Waals surface area contributed by atoms with Crippen molar-refractivity contribution in [1.29, 1.82) is 0 Å². The Balaban J connectivity index is 1.98. The molecule has 2 rings (SSSR count). The van der Waals surface area contributed by atoms with Gasteiger partial charge in [-0.15, -0.1) is 0 Å². The van der Waals surface area contributed by atoms with Crippen LogP contribution in [0.3, 0.4) is 0 Å². The van der Waals surface area contributed by atoms with Gasteiger partial charge in [-0.25, -0.2) is 4.98 Å². The Bertz CT molecular complexity index is 465. The quantitative estimate of drug-likeness (QED) is 0.828. The Hall–Kier alpha value is -0.690. The summed E-state index contributed by atoms with van der Waals surface area (Å²) in [7, 11) is 0. The number of nitrogens with one attached hydrogen (secondary N) is 1. The number of aryl methyl sites for hydroxylation is 1. The highest BCUT2D eigenvalue weighted by molar-refractivity contribution is 14.1. The molecule has 2 heterocycles. The van der Waals surface area contributed by atoms with Gasteiger partial charge in [0, 0.05) is 16.1 Å². The monoisotopic (exact) mass is 374 g/mol. The summed E-state index contributed by atoms with van der Waals surface area (Å²) >= 11 is 2.23. The SMILES string of the molecule is CCC1CC(C(=O)Nc2ccc(I)c(C)n2)CCO1. The molecule has 0 aromatic carbocycles. The number of ether oxygens (including phenoxy) is 1. The maximum absolute atomic E-state index is 12.2. The summed E-state index contributed by atoms with van der Waals surface area (Å²) in [6.07, 6.45) is 2.79. The Kier molecular flexibility index (Phi) is 5.15. The van der Waals surface area contributed by atoms with Crippen LogP contribution in [0.1, 0.15) is 31.9 Å². The third kappa shape index (κ3) is 3.89. The van der Waals surface area contributed by atoms with Crippen LogP contribution in [-0.4, -0.2) is 23.6 Å². The molecule has 0 saturated carbocycles. The first-order valence-electron chi connectivity index (χ1n) is 6.65. The van der Waals surface area contributed by atoms with E-state index in [4.69, 9.17) is 4.74 Å². The average Bonchev–Trinajstić information content (AvgIpc) is 2.43. The molecule has 5 heteroatoms. The third-order valence-corrected chi connectivity index (χ3v) is 4.61. The van der Waals surface area contributed by atoms with E-state index in [1.165, 1.54) is 0 Å². The Morgan fingerprint density at radius 3 is 3.05 bits per heavy atom. The molecule has 0 bridgehead atoms. The van der Waals surface area contributed by atoms with Crippen molar-refractivity contribution in [3.8, 4) is 0 Å². The fourth-order valence-corrected chi connectivity index (χ4v) is 2.55. The fraction of sp³-hybridized carbons (Fsp3) is 0.571. The van der Waals surface area contributed by atoms with Crippen LogP contribution < -0.4 is 5.32 Å². The van der Waals surface area contributed by atoms with Crippen LogP contribution in [0.4, 0.5) is 5.82 Å². The molecule has 0 aliphatic carbocycles. The van der Waals surface area contributed by atoms with Crippen molar-refractivity contribution in [3.63, 3.8) is 0 Å². The minimum Gasteiger partial charge on any atom is -0.378 e. The van der Waals surface area contributed by atoms with Crippen molar-refractivity contribution < 1.29 is 9.53 Å². The van der Waals surface area contributed by atoms with E-state index in [1.807, 2.05) is 19.1 Å². The molecule has 0 spiro atoms. The number of pyridine rings is 1. The summed E-state index contributed by atoms with van der Waals surface area (Å²) in [5.41, 5.74) is 0.941. The number of hydrogen-bond acceptors (Lipinski definition) is 3. The molecular weight excluding hydrogens is 355 g/mol. The van der Waals surface area contributed by atoms with Gasteiger partial charge in [0.05, 0.1) is 11.8 Å². The summed E-state index contributed by atoms with van der Waals surface area (Å²) in [5.74, 6) is 0.748. The molecular formula is C14H19IN2O2. The van der Waals surface area contributed by atoms with E-state index >= 15 is 0 Å². The number of rotatable bonds is 3. The number of hydrogen-bond donors (Lipinski definition) is 1. The van der Waals surface area contributed by atoms with Crippen molar-refractivity contribution in [3.05, 3.63) is 21.4 Å². The first kappa shape index (κ1) is 14.7. The number of aromatic nitrogens is 1. The average molecular weight is 374 g/mol. The second kappa shape index (κ2) is 6.65. The lowest BCUT2D eigenvalue weighted by molar-refractivity contribution is -0.124. The van der Waals surface area contributed by atoms with Crippen LogP contribution >= 0.6 is 22.6 Å². The topological polar surface area (TPSA) is 51.2 Å². The minimum absolute atomic E-state index is 0.0417. The van der Waals surface area contributed by atoms with Gasteiger partial charge in [0.25, 0.3) is 0 Å². The summed E-state index contributed by atoms with van der Waals surface area (Å²) in [6, 6.07) is 3.82. The number of halogens is 1. The van der Waals surface area contributed by atoms with E-state index in [0.29, 0.717) is 12.4 Å². The van der Waals surface area contributed by atoms with E-state index in [2.05, 4.69) is 39.8 Å². The third-order valence-electron chi connectivity index (χ3n) is 3.47. The summed E-state index contributed by atoms with van der Waals surface area (Å²) in [4.78, 5) is 16.6. The Labute approximate surface area is 127 Å². The van der Waals surface area contributed by atoms with E-state index < -0.39 is 0 Å². The van der Waals surface area contributed by atoms with Gasteiger partial charge < -0.3 is 10.1 Å². The highest BCUT2D eigenvalue weighted by atomic mass is 127. The van der Waals surface area contributed by atoms with Gasteiger partial charge in [0.15, 0.2) is 0 Å². The molecule has 1 aromatic heterocycles. The van der Waals surface area contributed by atoms with Gasteiger partial charge in [-0.1, -0.05) is 6.92 Å². The first-order valence-corrected chi connectivity index (χ1v) is 7.73. The number of amides is 1.